The number of aliphatic carboxylic acids is 1. The van der Waals surface area contributed by atoms with E-state index in [-0.39, 0.29) is 12.6 Å². The van der Waals surface area contributed by atoms with Crippen molar-refractivity contribution in [3.05, 3.63) is 0 Å². The van der Waals surface area contributed by atoms with Gasteiger partial charge in [-0.15, -0.1) is 0 Å². The van der Waals surface area contributed by atoms with E-state index in [1.807, 2.05) is 6.92 Å². The third-order valence-corrected chi connectivity index (χ3v) is 5.62. The predicted molar refractivity (Wildman–Crippen MR) is 66.2 cm³/mol. The van der Waals surface area contributed by atoms with Gasteiger partial charge in [-0.1, -0.05) is 6.42 Å². The summed E-state index contributed by atoms with van der Waals surface area (Å²) in [6.45, 7) is 2.42. The van der Waals surface area contributed by atoms with E-state index >= 15 is 0 Å². The molecule has 1 saturated heterocycles. The number of hydrogen-bond donors (Lipinski definition) is 2. The van der Waals surface area contributed by atoms with Crippen molar-refractivity contribution in [3.8, 4) is 0 Å². The molecule has 0 bridgehead atoms. The van der Waals surface area contributed by atoms with Gasteiger partial charge in [-0.3, -0.25) is 4.79 Å². The van der Waals surface area contributed by atoms with Crippen LogP contribution in [0.2, 0.25) is 0 Å². The van der Waals surface area contributed by atoms with Gasteiger partial charge in [-0.25, -0.2) is 4.72 Å². The average Bonchev–Trinajstić information content (AvgIpc) is 3.08. The molecule has 2 aliphatic rings. The summed E-state index contributed by atoms with van der Waals surface area (Å²) in [5, 5.41) is 9.01. The van der Waals surface area contributed by atoms with E-state index in [0.717, 1.165) is 19.3 Å². The molecule has 1 atom stereocenters. The first-order chi connectivity index (χ1) is 8.37. The largest absolute Gasteiger partial charge is 0.481 e. The van der Waals surface area contributed by atoms with Gasteiger partial charge >= 0.3 is 5.97 Å². The van der Waals surface area contributed by atoms with Crippen molar-refractivity contribution in [2.75, 3.05) is 13.1 Å². The molecule has 0 radical (unpaired) electrons. The van der Waals surface area contributed by atoms with Crippen LogP contribution in [0.25, 0.3) is 0 Å². The molecule has 2 rings (SSSR count). The van der Waals surface area contributed by atoms with Crippen LogP contribution in [-0.2, 0) is 15.0 Å². The normalized spacial score (nSPS) is 27.9. The fourth-order valence-corrected chi connectivity index (χ4v) is 3.93. The van der Waals surface area contributed by atoms with Gasteiger partial charge in [-0.2, -0.15) is 12.7 Å². The topological polar surface area (TPSA) is 86.7 Å². The Bertz CT molecular complexity index is 430. The van der Waals surface area contributed by atoms with Gasteiger partial charge < -0.3 is 5.11 Å². The minimum absolute atomic E-state index is 0.00349. The number of piperidine rings is 1. The van der Waals surface area contributed by atoms with Crippen LogP contribution in [0.15, 0.2) is 0 Å². The lowest BCUT2D eigenvalue weighted by Gasteiger charge is -2.32. The molecule has 6 nitrogen and oxygen atoms in total. The summed E-state index contributed by atoms with van der Waals surface area (Å²) < 4.78 is 28.1. The van der Waals surface area contributed by atoms with Crippen LogP contribution in [0.3, 0.4) is 0 Å². The number of carboxylic acids is 1. The Morgan fingerprint density at radius 2 is 2.11 bits per heavy atom. The van der Waals surface area contributed by atoms with E-state index in [9.17, 15) is 13.2 Å². The molecule has 7 heteroatoms. The second-order valence-corrected chi connectivity index (χ2v) is 7.07. The maximum absolute atomic E-state index is 12.1. The number of carboxylic acid groups (broad SMARTS) is 1. The summed E-state index contributed by atoms with van der Waals surface area (Å²) in [6, 6.07) is -0.00349. The van der Waals surface area contributed by atoms with Gasteiger partial charge in [0.15, 0.2) is 0 Å². The number of nitrogens with one attached hydrogen (secondary N) is 1. The van der Waals surface area contributed by atoms with Crippen molar-refractivity contribution in [2.45, 2.75) is 45.1 Å². The lowest BCUT2D eigenvalue weighted by atomic mass is 10.1. The molecule has 1 saturated carbocycles. The van der Waals surface area contributed by atoms with Crippen molar-refractivity contribution in [1.82, 2.24) is 9.03 Å². The molecule has 0 aromatic rings. The fraction of sp³-hybridized carbons (Fsp3) is 0.909. The van der Waals surface area contributed by atoms with Crippen molar-refractivity contribution in [1.29, 1.82) is 0 Å². The van der Waals surface area contributed by atoms with Gasteiger partial charge in [0.2, 0.25) is 0 Å². The van der Waals surface area contributed by atoms with E-state index in [2.05, 4.69) is 4.72 Å². The maximum atomic E-state index is 12.1. The lowest BCUT2D eigenvalue weighted by molar-refractivity contribution is -0.143. The summed E-state index contributed by atoms with van der Waals surface area (Å²) in [6.07, 6.45) is 3.90. The Morgan fingerprint density at radius 3 is 2.61 bits per heavy atom. The second-order valence-electron chi connectivity index (χ2n) is 5.37. The van der Waals surface area contributed by atoms with Gasteiger partial charge in [0.1, 0.15) is 0 Å². The van der Waals surface area contributed by atoms with Crippen molar-refractivity contribution in [3.63, 3.8) is 0 Å². The van der Waals surface area contributed by atoms with Crippen LogP contribution in [0, 0.1) is 5.41 Å². The summed E-state index contributed by atoms with van der Waals surface area (Å²) in [4.78, 5) is 11.0. The zero-order chi connectivity index (χ0) is 13.4. The van der Waals surface area contributed by atoms with Crippen LogP contribution >= 0.6 is 0 Å². The Hall–Kier alpha value is -0.660. The van der Waals surface area contributed by atoms with Crippen LogP contribution in [0.1, 0.15) is 39.0 Å². The summed E-state index contributed by atoms with van der Waals surface area (Å²) in [5.41, 5.74) is -0.855. The number of hydrogen-bond acceptors (Lipinski definition) is 3. The van der Waals surface area contributed by atoms with E-state index in [4.69, 9.17) is 5.11 Å². The third kappa shape index (κ3) is 2.67. The standard InChI is InChI=1S/C11H20N2O4S/c1-9-4-2-3-7-13(9)18(16,17)12-8-11(5-6-11)10(14)15/h9,12H,2-8H2,1H3,(H,14,15). The molecular weight excluding hydrogens is 256 g/mol. The monoisotopic (exact) mass is 276 g/mol. The molecule has 1 aliphatic heterocycles. The van der Waals surface area contributed by atoms with Crippen LogP contribution in [0.4, 0.5) is 0 Å². The molecule has 0 spiro atoms. The fourth-order valence-electron chi connectivity index (χ4n) is 2.36. The van der Waals surface area contributed by atoms with E-state index in [1.54, 1.807) is 0 Å². The third-order valence-electron chi connectivity index (χ3n) is 3.95. The molecule has 2 fully saturated rings. The first-order valence-electron chi connectivity index (χ1n) is 6.37. The number of nitrogens with zero attached hydrogens (tertiary/aromatic N) is 1. The SMILES string of the molecule is CC1CCCCN1S(=O)(=O)NCC1(C(=O)O)CC1. The maximum Gasteiger partial charge on any atom is 0.310 e. The van der Waals surface area contributed by atoms with Crippen LogP contribution in [0.5, 0.6) is 0 Å². The van der Waals surface area contributed by atoms with E-state index in [1.165, 1.54) is 4.31 Å². The number of rotatable bonds is 5. The summed E-state index contributed by atoms with van der Waals surface area (Å²) in [5.74, 6) is -0.906. The Labute approximate surface area is 108 Å². The van der Waals surface area contributed by atoms with Crippen LogP contribution in [-0.4, -0.2) is 42.9 Å². The Kier molecular flexibility index (Phi) is 3.66. The highest BCUT2D eigenvalue weighted by Crippen LogP contribution is 2.45. The second kappa shape index (κ2) is 4.79. The molecule has 1 unspecified atom stereocenters. The molecular formula is C11H20N2O4S. The molecule has 0 aromatic carbocycles. The minimum Gasteiger partial charge on any atom is -0.481 e. The number of carbonyl (C=O) groups is 1. The molecule has 18 heavy (non-hydrogen) atoms. The lowest BCUT2D eigenvalue weighted by Crippen LogP contribution is -2.49. The van der Waals surface area contributed by atoms with Crippen molar-refractivity contribution < 1.29 is 18.3 Å². The molecule has 0 amide bonds. The molecule has 0 aromatic heterocycles. The van der Waals surface area contributed by atoms with Crippen LogP contribution < -0.4 is 4.72 Å². The summed E-state index contributed by atoms with van der Waals surface area (Å²) >= 11 is 0. The van der Waals surface area contributed by atoms with E-state index < -0.39 is 21.6 Å². The van der Waals surface area contributed by atoms with Gasteiger partial charge in [0, 0.05) is 19.1 Å². The smallest absolute Gasteiger partial charge is 0.310 e. The zero-order valence-electron chi connectivity index (χ0n) is 10.6. The first kappa shape index (κ1) is 13.8. The minimum atomic E-state index is -3.54. The Balaban J connectivity index is 1.97. The van der Waals surface area contributed by atoms with Gasteiger partial charge in [0.25, 0.3) is 10.2 Å². The Morgan fingerprint density at radius 1 is 1.44 bits per heavy atom. The van der Waals surface area contributed by atoms with Crippen molar-refractivity contribution >= 4 is 16.2 Å². The molecule has 2 N–H and O–H groups in total. The predicted octanol–water partition coefficient (Wildman–Crippen LogP) is 0.560. The van der Waals surface area contributed by atoms with Crippen molar-refractivity contribution in [2.24, 2.45) is 5.41 Å². The zero-order valence-corrected chi connectivity index (χ0v) is 11.4. The van der Waals surface area contributed by atoms with Gasteiger partial charge in [-0.05, 0) is 32.6 Å². The first-order valence-corrected chi connectivity index (χ1v) is 7.81. The highest BCUT2D eigenvalue weighted by molar-refractivity contribution is 7.87. The average molecular weight is 276 g/mol. The molecule has 104 valence electrons. The quantitative estimate of drug-likeness (QED) is 0.768. The molecule has 1 aliphatic carbocycles. The highest BCUT2D eigenvalue weighted by atomic mass is 32.2. The van der Waals surface area contributed by atoms with Gasteiger partial charge in [0.05, 0.1) is 5.41 Å². The highest BCUT2D eigenvalue weighted by Gasteiger charge is 2.51. The van der Waals surface area contributed by atoms with E-state index in [0.29, 0.717) is 19.4 Å². The summed E-state index contributed by atoms with van der Waals surface area (Å²) in [7, 11) is -3.54. The molecule has 1 heterocycles.